The lowest BCUT2D eigenvalue weighted by Gasteiger charge is -2.35. The molecule has 35 heavy (non-hydrogen) atoms. The highest BCUT2D eigenvalue weighted by atomic mass is 32.2. The second kappa shape index (κ2) is 10.5. The molecular formula is C23H26N4O6S2. The number of ether oxygens (including phenoxy) is 2. The number of fused-ring (bicyclic) bond motifs is 1. The van der Waals surface area contributed by atoms with E-state index < -0.39 is 22.1 Å². The summed E-state index contributed by atoms with van der Waals surface area (Å²) in [6, 6.07) is 5.24. The van der Waals surface area contributed by atoms with Crippen molar-refractivity contribution in [2.24, 2.45) is 0 Å². The van der Waals surface area contributed by atoms with E-state index in [2.05, 4.69) is 10.1 Å². The molecule has 1 aromatic carbocycles. The number of sulfonamides is 1. The van der Waals surface area contributed by atoms with Crippen LogP contribution in [-0.4, -0.2) is 53.5 Å². The van der Waals surface area contributed by atoms with Gasteiger partial charge in [-0.05, 0) is 44.0 Å². The summed E-state index contributed by atoms with van der Waals surface area (Å²) in [5.74, 6) is -0.578. The first-order valence-corrected chi connectivity index (χ1v) is 13.5. The van der Waals surface area contributed by atoms with E-state index in [0.29, 0.717) is 18.0 Å². The number of carbonyl (C=O) groups is 1. The zero-order valence-corrected chi connectivity index (χ0v) is 21.0. The number of hydrogen-bond acceptors (Lipinski definition) is 8. The molecule has 0 amide bonds. The zero-order chi connectivity index (χ0) is 25.0. The van der Waals surface area contributed by atoms with Gasteiger partial charge < -0.3 is 14.6 Å². The Morgan fingerprint density at radius 1 is 1.34 bits per heavy atom. The first-order chi connectivity index (χ1) is 16.8. The minimum absolute atomic E-state index is 0.0318. The first kappa shape index (κ1) is 24.7. The number of carboxylic acids is 1. The van der Waals surface area contributed by atoms with E-state index in [0.717, 1.165) is 10.6 Å². The second-order valence-electron chi connectivity index (χ2n) is 7.73. The molecule has 1 N–H and O–H groups in total. The van der Waals surface area contributed by atoms with Crippen molar-refractivity contribution in [3.8, 4) is 11.6 Å². The third-order valence-corrected chi connectivity index (χ3v) is 7.84. The standard InChI is InChI=1S/C23H26N4O6S2/c1-3-26-15-20(23(25-26)32-4-2)35(30,31)27-14-17(7-10-22(28)29)33-19-8-5-16(13-18(19)27)6-9-21-24-11-12-34-21/h5-6,8-9,11-13,15,17H,3-4,7,10,14H2,1-2H3,(H,28,29)/b9-6+/t17-/m0/s1. The molecule has 0 radical (unpaired) electrons. The van der Waals surface area contributed by atoms with Gasteiger partial charge in [-0.25, -0.2) is 13.4 Å². The van der Waals surface area contributed by atoms with Crippen molar-refractivity contribution >= 4 is 45.2 Å². The highest BCUT2D eigenvalue weighted by molar-refractivity contribution is 7.93. The SMILES string of the molecule is CCOc1nn(CC)cc1S(=O)(=O)N1C[C@H](CCC(=O)O)Oc2ccc(/C=C/c3nccs3)cc21. The van der Waals surface area contributed by atoms with Gasteiger partial charge in [-0.2, -0.15) is 0 Å². The largest absolute Gasteiger partial charge is 0.486 e. The number of aryl methyl sites for hydroxylation is 1. The van der Waals surface area contributed by atoms with Crippen molar-refractivity contribution in [3.05, 3.63) is 46.5 Å². The van der Waals surface area contributed by atoms with Crippen LogP contribution < -0.4 is 13.8 Å². The molecular weight excluding hydrogens is 492 g/mol. The molecule has 10 nitrogen and oxygen atoms in total. The molecule has 3 heterocycles. The number of benzene rings is 1. The van der Waals surface area contributed by atoms with Gasteiger partial charge in [-0.15, -0.1) is 16.4 Å². The van der Waals surface area contributed by atoms with Crippen LogP contribution >= 0.6 is 11.3 Å². The summed E-state index contributed by atoms with van der Waals surface area (Å²) in [6.07, 6.45) is 6.27. The lowest BCUT2D eigenvalue weighted by atomic mass is 10.1. The van der Waals surface area contributed by atoms with Crippen LogP contribution in [0.1, 0.15) is 37.3 Å². The van der Waals surface area contributed by atoms with Gasteiger partial charge in [-0.3, -0.25) is 13.8 Å². The van der Waals surface area contributed by atoms with Crippen LogP contribution in [0.25, 0.3) is 12.2 Å². The maximum absolute atomic E-state index is 13.9. The van der Waals surface area contributed by atoms with E-state index in [1.165, 1.54) is 26.5 Å². The van der Waals surface area contributed by atoms with Gasteiger partial charge in [0, 0.05) is 30.7 Å². The molecule has 0 bridgehead atoms. The molecule has 0 spiro atoms. The predicted molar refractivity (Wildman–Crippen MR) is 132 cm³/mol. The van der Waals surface area contributed by atoms with E-state index in [4.69, 9.17) is 14.6 Å². The van der Waals surface area contributed by atoms with Crippen molar-refractivity contribution < 1.29 is 27.8 Å². The van der Waals surface area contributed by atoms with Crippen molar-refractivity contribution in [2.45, 2.75) is 44.2 Å². The van der Waals surface area contributed by atoms with Gasteiger partial charge in [0.15, 0.2) is 4.90 Å². The first-order valence-electron chi connectivity index (χ1n) is 11.1. The third kappa shape index (κ3) is 5.49. The smallest absolute Gasteiger partial charge is 0.303 e. The molecule has 3 aromatic rings. The monoisotopic (exact) mass is 518 g/mol. The molecule has 0 fully saturated rings. The summed E-state index contributed by atoms with van der Waals surface area (Å²) in [7, 11) is -4.10. The van der Waals surface area contributed by atoms with Crippen LogP contribution in [0.3, 0.4) is 0 Å². The summed E-state index contributed by atoms with van der Waals surface area (Å²) in [4.78, 5) is 15.3. The fraction of sp³-hybridized carbons (Fsp3) is 0.348. The van der Waals surface area contributed by atoms with Gasteiger partial charge in [0.25, 0.3) is 15.9 Å². The normalized spacial score (nSPS) is 15.7. The zero-order valence-electron chi connectivity index (χ0n) is 19.3. The maximum atomic E-state index is 13.9. The molecule has 4 rings (SSSR count). The molecule has 1 aliphatic rings. The van der Waals surface area contributed by atoms with Crippen LogP contribution in [0.5, 0.6) is 11.6 Å². The average molecular weight is 519 g/mol. The molecule has 0 saturated heterocycles. The Labute approximate surface area is 207 Å². The molecule has 1 atom stereocenters. The summed E-state index contributed by atoms with van der Waals surface area (Å²) in [6.45, 7) is 4.31. The van der Waals surface area contributed by atoms with Gasteiger partial charge in [0.1, 0.15) is 16.9 Å². The summed E-state index contributed by atoms with van der Waals surface area (Å²) < 4.78 is 42.1. The van der Waals surface area contributed by atoms with E-state index in [1.807, 2.05) is 30.5 Å². The number of aliphatic carboxylic acids is 1. The van der Waals surface area contributed by atoms with Crippen LogP contribution in [0, 0.1) is 0 Å². The van der Waals surface area contributed by atoms with Crippen molar-refractivity contribution in [1.29, 1.82) is 0 Å². The van der Waals surface area contributed by atoms with Crippen molar-refractivity contribution in [2.75, 3.05) is 17.5 Å². The Morgan fingerprint density at radius 3 is 2.86 bits per heavy atom. The number of aromatic nitrogens is 3. The lowest BCUT2D eigenvalue weighted by Crippen LogP contribution is -2.43. The number of thiazole rings is 1. The predicted octanol–water partition coefficient (Wildman–Crippen LogP) is 3.75. The van der Waals surface area contributed by atoms with Crippen LogP contribution in [0.15, 0.2) is 40.9 Å². The fourth-order valence-electron chi connectivity index (χ4n) is 3.66. The van der Waals surface area contributed by atoms with E-state index in [1.54, 1.807) is 25.3 Å². The molecule has 12 heteroatoms. The molecule has 0 saturated carbocycles. The highest BCUT2D eigenvalue weighted by Crippen LogP contribution is 2.40. The van der Waals surface area contributed by atoms with E-state index in [-0.39, 0.29) is 36.8 Å². The molecule has 2 aromatic heterocycles. The Bertz CT molecular complexity index is 1320. The number of rotatable bonds is 10. The Balaban J connectivity index is 1.76. The van der Waals surface area contributed by atoms with Gasteiger partial charge >= 0.3 is 5.97 Å². The number of anilines is 1. The molecule has 186 valence electrons. The fourth-order valence-corrected chi connectivity index (χ4v) is 5.77. The highest BCUT2D eigenvalue weighted by Gasteiger charge is 2.37. The van der Waals surface area contributed by atoms with Gasteiger partial charge in [-0.1, -0.05) is 12.1 Å². The Hall–Kier alpha value is -3.38. The average Bonchev–Trinajstić information content (AvgIpc) is 3.51. The van der Waals surface area contributed by atoms with Crippen molar-refractivity contribution in [1.82, 2.24) is 14.8 Å². The molecule has 0 unspecified atom stereocenters. The number of hydrogen-bond donors (Lipinski definition) is 1. The quantitative estimate of drug-likeness (QED) is 0.430. The second-order valence-corrected chi connectivity index (χ2v) is 10.5. The summed E-state index contributed by atoms with van der Waals surface area (Å²) >= 11 is 1.49. The molecule has 0 aliphatic carbocycles. The summed E-state index contributed by atoms with van der Waals surface area (Å²) in [5.41, 5.74) is 1.13. The lowest BCUT2D eigenvalue weighted by molar-refractivity contribution is -0.137. The topological polar surface area (TPSA) is 124 Å². The van der Waals surface area contributed by atoms with Crippen LogP contribution in [-0.2, 0) is 21.4 Å². The minimum Gasteiger partial charge on any atom is -0.486 e. The molecule has 1 aliphatic heterocycles. The van der Waals surface area contributed by atoms with Crippen LogP contribution in [0.2, 0.25) is 0 Å². The maximum Gasteiger partial charge on any atom is 0.303 e. The van der Waals surface area contributed by atoms with Gasteiger partial charge in [0.05, 0.1) is 18.8 Å². The van der Waals surface area contributed by atoms with Crippen molar-refractivity contribution in [3.63, 3.8) is 0 Å². The van der Waals surface area contributed by atoms with Crippen LogP contribution in [0.4, 0.5) is 5.69 Å². The van der Waals surface area contributed by atoms with E-state index >= 15 is 0 Å². The Kier molecular flexibility index (Phi) is 7.41. The van der Waals surface area contributed by atoms with Gasteiger partial charge in [0.2, 0.25) is 0 Å². The third-order valence-electron chi connectivity index (χ3n) is 5.33. The Morgan fingerprint density at radius 2 is 2.17 bits per heavy atom. The minimum atomic E-state index is -4.10. The number of carboxylic acid groups (broad SMARTS) is 1. The van der Waals surface area contributed by atoms with E-state index in [9.17, 15) is 13.2 Å². The number of nitrogens with zero attached hydrogens (tertiary/aromatic N) is 4. The summed E-state index contributed by atoms with van der Waals surface area (Å²) in [5, 5.41) is 16.1.